The Balaban J connectivity index is 1.50. The van der Waals surface area contributed by atoms with E-state index in [2.05, 4.69) is 10.3 Å². The summed E-state index contributed by atoms with van der Waals surface area (Å²) in [6.07, 6.45) is 0.331. The van der Waals surface area contributed by atoms with Gasteiger partial charge < -0.3 is 20.3 Å². The van der Waals surface area contributed by atoms with Crippen LogP contribution in [0.15, 0.2) is 46.0 Å². The molecule has 15 heteroatoms. The highest BCUT2D eigenvalue weighted by Gasteiger charge is 2.61. The van der Waals surface area contributed by atoms with E-state index < -0.39 is 66.4 Å². The van der Waals surface area contributed by atoms with Crippen LogP contribution in [0.2, 0.25) is 0 Å². The molecule has 3 aliphatic heterocycles. The summed E-state index contributed by atoms with van der Waals surface area (Å²) in [6, 6.07) is 1.12. The average Bonchev–Trinajstić information content (AvgIpc) is 3.74. The van der Waals surface area contributed by atoms with Gasteiger partial charge in [-0.1, -0.05) is 26.0 Å². The number of likely N-dealkylation sites (tertiary alicyclic amines) is 1. The van der Waals surface area contributed by atoms with Crippen molar-refractivity contribution < 1.29 is 42.5 Å². The molecule has 11 nitrogen and oxygen atoms in total. The minimum atomic E-state index is -3.31. The summed E-state index contributed by atoms with van der Waals surface area (Å²) in [5, 5.41) is 27.2. The number of carboxylic acids is 1. The standard InChI is InChI=1S/C31H38F3N5O6S/c1-5-30(6-2,29(42)43)22(40)14-39-25-21(15-45-39)38(16-31(25,33)34)13-20-23(28(41)44-7-3)24(18-9-8-10-19(32)17(18)4)37-26(36-20)27-35-11-12-46-27/h8-12,21-22,24-25,40H,5-7,13-16H2,1-4H3,(H,36,37)(H,42,43)/t21-,22-,24+,25+/m1/s1. The van der Waals surface area contributed by atoms with E-state index in [-0.39, 0.29) is 49.4 Å². The zero-order valence-electron chi connectivity index (χ0n) is 26.0. The quantitative estimate of drug-likeness (QED) is 0.288. The fraction of sp³-hybridized carbons (Fsp3) is 0.548. The van der Waals surface area contributed by atoms with Gasteiger partial charge in [0.25, 0.3) is 5.92 Å². The number of alkyl halides is 2. The first-order valence-electron chi connectivity index (χ1n) is 15.2. The molecule has 5 rings (SSSR count). The molecule has 0 radical (unpaired) electrons. The molecule has 0 amide bonds. The van der Waals surface area contributed by atoms with Crippen molar-refractivity contribution in [1.82, 2.24) is 20.3 Å². The number of thiazole rings is 1. The Labute approximate surface area is 268 Å². The number of hydroxylamine groups is 2. The van der Waals surface area contributed by atoms with Crippen LogP contribution in [0.5, 0.6) is 0 Å². The maximum Gasteiger partial charge on any atom is 0.338 e. The van der Waals surface area contributed by atoms with Gasteiger partial charge in [-0.15, -0.1) is 11.3 Å². The molecular weight excluding hydrogens is 627 g/mol. The molecule has 4 atom stereocenters. The van der Waals surface area contributed by atoms with Gasteiger partial charge in [-0.25, -0.2) is 22.9 Å². The number of carboxylic acid groups (broad SMARTS) is 1. The predicted octanol–water partition coefficient (Wildman–Crippen LogP) is 3.69. The van der Waals surface area contributed by atoms with Crippen LogP contribution in [0.25, 0.3) is 0 Å². The summed E-state index contributed by atoms with van der Waals surface area (Å²) < 4.78 is 51.7. The first-order chi connectivity index (χ1) is 21.9. The molecule has 3 N–H and O–H groups in total. The molecule has 0 unspecified atom stereocenters. The lowest BCUT2D eigenvalue weighted by Crippen LogP contribution is -2.52. The van der Waals surface area contributed by atoms with E-state index in [9.17, 15) is 24.2 Å². The summed E-state index contributed by atoms with van der Waals surface area (Å²) in [5.41, 5.74) is -0.509. The van der Waals surface area contributed by atoms with Crippen molar-refractivity contribution in [2.75, 3.05) is 32.8 Å². The fourth-order valence-corrected chi connectivity index (χ4v) is 7.22. The SMILES string of the molecule is CCOC(=O)C1=C(CN2CC(F)(F)[C@@H]3[C@H]2CON3C[C@@H](O)C(CC)(CC)C(=O)O)NC(c2nccs2)=N[C@H]1c1cccc(F)c1C. The van der Waals surface area contributed by atoms with Gasteiger partial charge in [-0.2, -0.15) is 5.06 Å². The highest BCUT2D eigenvalue weighted by Crippen LogP contribution is 2.43. The van der Waals surface area contributed by atoms with Gasteiger partial charge >= 0.3 is 11.9 Å². The van der Waals surface area contributed by atoms with E-state index in [4.69, 9.17) is 14.6 Å². The number of β-amino-alcohol motifs (C(OH)–C–C–N with tert-alkyl or cyclic N) is 1. The van der Waals surface area contributed by atoms with Crippen LogP contribution >= 0.6 is 11.3 Å². The van der Waals surface area contributed by atoms with Crippen molar-refractivity contribution in [3.05, 3.63) is 63.0 Å². The van der Waals surface area contributed by atoms with E-state index in [0.717, 1.165) is 5.06 Å². The van der Waals surface area contributed by atoms with Crippen LogP contribution in [0.3, 0.4) is 0 Å². The summed E-state index contributed by atoms with van der Waals surface area (Å²) in [4.78, 5) is 41.8. The molecular formula is C31H38F3N5O6S. The summed E-state index contributed by atoms with van der Waals surface area (Å²) in [7, 11) is 0. The first kappa shape index (κ1) is 34.0. The maximum atomic E-state index is 15.8. The average molecular weight is 666 g/mol. The van der Waals surface area contributed by atoms with Gasteiger partial charge in [-0.3, -0.25) is 19.5 Å². The largest absolute Gasteiger partial charge is 0.481 e. The minimum absolute atomic E-state index is 0.0402. The highest BCUT2D eigenvalue weighted by atomic mass is 32.1. The summed E-state index contributed by atoms with van der Waals surface area (Å²) in [6.45, 7) is 5.10. The van der Waals surface area contributed by atoms with Gasteiger partial charge in [0.2, 0.25) is 0 Å². The number of carbonyl (C=O) groups is 2. The number of nitrogens with zero attached hydrogens (tertiary/aromatic N) is 4. The molecule has 46 heavy (non-hydrogen) atoms. The van der Waals surface area contributed by atoms with Crippen molar-refractivity contribution >= 4 is 29.1 Å². The van der Waals surface area contributed by atoms with Gasteiger partial charge in [0.1, 0.15) is 17.9 Å². The van der Waals surface area contributed by atoms with E-state index in [1.807, 2.05) is 0 Å². The lowest BCUT2D eigenvalue weighted by Gasteiger charge is -2.36. The molecule has 4 heterocycles. The topological polar surface area (TPSA) is 137 Å². The third kappa shape index (κ3) is 6.06. The predicted molar refractivity (Wildman–Crippen MR) is 163 cm³/mol. The van der Waals surface area contributed by atoms with Gasteiger partial charge in [-0.05, 0) is 43.9 Å². The third-order valence-electron chi connectivity index (χ3n) is 9.30. The first-order valence-corrected chi connectivity index (χ1v) is 16.1. The minimum Gasteiger partial charge on any atom is -0.481 e. The Morgan fingerprint density at radius 3 is 2.65 bits per heavy atom. The number of aromatic nitrogens is 1. The Morgan fingerprint density at radius 1 is 1.28 bits per heavy atom. The maximum absolute atomic E-state index is 15.8. The highest BCUT2D eigenvalue weighted by molar-refractivity contribution is 7.11. The van der Waals surface area contributed by atoms with Crippen molar-refractivity contribution in [2.24, 2.45) is 10.4 Å². The number of aliphatic imine (C=N–C) groups is 1. The number of benzene rings is 1. The number of ether oxygens (including phenoxy) is 1. The van der Waals surface area contributed by atoms with Crippen molar-refractivity contribution in [2.45, 2.75) is 70.7 Å². The molecule has 3 aliphatic rings. The van der Waals surface area contributed by atoms with Gasteiger partial charge in [0.05, 0.1) is 49.4 Å². The van der Waals surface area contributed by atoms with E-state index in [0.29, 0.717) is 16.4 Å². The zero-order valence-corrected chi connectivity index (χ0v) is 26.8. The number of hydrogen-bond acceptors (Lipinski definition) is 11. The van der Waals surface area contributed by atoms with Crippen molar-refractivity contribution in [3.63, 3.8) is 0 Å². The van der Waals surface area contributed by atoms with Gasteiger partial charge in [0.15, 0.2) is 10.8 Å². The number of fused-ring (bicyclic) bond motifs is 1. The van der Waals surface area contributed by atoms with Crippen LogP contribution in [-0.2, 0) is 19.2 Å². The molecule has 0 aliphatic carbocycles. The number of rotatable bonds is 12. The Kier molecular flexibility index (Phi) is 9.89. The molecule has 1 aromatic carbocycles. The summed E-state index contributed by atoms with van der Waals surface area (Å²) >= 11 is 1.28. The van der Waals surface area contributed by atoms with Gasteiger partial charge in [0, 0.05) is 23.8 Å². The molecule has 0 saturated carbocycles. The number of nitrogens with one attached hydrogen (secondary N) is 1. The molecule has 0 bridgehead atoms. The Bertz CT molecular complexity index is 1520. The van der Waals surface area contributed by atoms with Crippen LogP contribution in [-0.4, -0.2) is 99.9 Å². The lowest BCUT2D eigenvalue weighted by molar-refractivity contribution is -0.205. The second kappa shape index (κ2) is 13.4. The smallest absolute Gasteiger partial charge is 0.338 e. The second-order valence-corrected chi connectivity index (χ2v) is 12.6. The summed E-state index contributed by atoms with van der Waals surface area (Å²) in [5.74, 6) is -5.43. The Hall–Kier alpha value is -3.37. The number of esters is 1. The molecule has 250 valence electrons. The molecule has 2 aromatic rings. The molecule has 0 spiro atoms. The van der Waals surface area contributed by atoms with E-state index >= 15 is 8.78 Å². The lowest BCUT2D eigenvalue weighted by atomic mass is 9.77. The molecule has 2 fully saturated rings. The molecule has 2 saturated heterocycles. The number of aliphatic hydroxyl groups is 1. The van der Waals surface area contributed by atoms with Crippen molar-refractivity contribution in [1.29, 1.82) is 0 Å². The van der Waals surface area contributed by atoms with Crippen LogP contribution in [0, 0.1) is 18.2 Å². The molecule has 1 aromatic heterocycles. The normalized spacial score (nSPS) is 24.0. The van der Waals surface area contributed by atoms with E-state index in [1.165, 1.54) is 28.4 Å². The number of carbonyl (C=O) groups excluding carboxylic acids is 1. The number of halogens is 3. The number of aliphatic carboxylic acids is 1. The fourth-order valence-electron chi connectivity index (χ4n) is 6.63. The number of hydrogen-bond donors (Lipinski definition) is 3. The van der Waals surface area contributed by atoms with E-state index in [1.54, 1.807) is 45.3 Å². The Morgan fingerprint density at radius 2 is 2.02 bits per heavy atom. The van der Waals surface area contributed by atoms with Crippen LogP contribution in [0.4, 0.5) is 13.2 Å². The monoisotopic (exact) mass is 665 g/mol. The third-order valence-corrected chi connectivity index (χ3v) is 10.1. The second-order valence-electron chi connectivity index (χ2n) is 11.7. The number of amidine groups is 1. The van der Waals surface area contributed by atoms with Crippen LogP contribution < -0.4 is 5.32 Å². The van der Waals surface area contributed by atoms with Crippen molar-refractivity contribution in [3.8, 4) is 0 Å². The number of aliphatic hydroxyl groups excluding tert-OH is 1. The zero-order chi connectivity index (χ0) is 33.4. The van der Waals surface area contributed by atoms with Crippen LogP contribution in [0.1, 0.15) is 55.8 Å².